The normalized spacial score (nSPS) is 14.3. The van der Waals surface area contributed by atoms with E-state index in [4.69, 9.17) is 4.42 Å². The lowest BCUT2D eigenvalue weighted by Crippen LogP contribution is -2.40. The molecule has 0 aliphatic heterocycles. The standard InChI is InChI=1S/C58H39NOS/c1-57(2)46-21-7-9-23-48(46)58(49-24-10-8-22-47(49)57)45-20-6-3-15-40(45)41-34-33-38(35-50(41)58)59(51-25-13-19-43-42-16-4-11-26-52(42)60-56(43)51)37-31-29-36(30-32-37)39-18-14-28-54-55(39)44-17-5-12-27-53(44)61-54/h3-35H,1-2H3. The van der Waals surface area contributed by atoms with Gasteiger partial charge < -0.3 is 9.32 Å². The van der Waals surface area contributed by atoms with Crippen molar-refractivity contribution in [2.75, 3.05) is 4.90 Å². The Morgan fingerprint density at radius 2 is 1.00 bits per heavy atom. The van der Waals surface area contributed by atoms with Gasteiger partial charge in [-0.25, -0.2) is 0 Å². The number of rotatable bonds is 4. The van der Waals surface area contributed by atoms with Crippen LogP contribution < -0.4 is 4.90 Å². The number of fused-ring (bicyclic) bond motifs is 15. The minimum atomic E-state index is -0.506. The van der Waals surface area contributed by atoms with E-state index in [0.717, 1.165) is 39.0 Å². The molecule has 0 N–H and O–H groups in total. The molecule has 0 radical (unpaired) electrons. The van der Waals surface area contributed by atoms with E-state index in [1.165, 1.54) is 75.8 Å². The zero-order valence-corrected chi connectivity index (χ0v) is 34.6. The summed E-state index contributed by atoms with van der Waals surface area (Å²) in [4.78, 5) is 2.41. The van der Waals surface area contributed by atoms with Gasteiger partial charge in [0.15, 0.2) is 5.58 Å². The Hall–Kier alpha value is -7.20. The van der Waals surface area contributed by atoms with Crippen LogP contribution in [0, 0.1) is 0 Å². The van der Waals surface area contributed by atoms with Crippen molar-refractivity contribution < 1.29 is 4.42 Å². The van der Waals surface area contributed by atoms with E-state index in [0.29, 0.717) is 0 Å². The maximum atomic E-state index is 6.81. The molecule has 2 heterocycles. The van der Waals surface area contributed by atoms with Gasteiger partial charge in [-0.05, 0) is 104 Å². The summed E-state index contributed by atoms with van der Waals surface area (Å²) in [5.41, 5.74) is 17.3. The molecule has 0 atom stereocenters. The number of nitrogens with zero attached hydrogens (tertiary/aromatic N) is 1. The van der Waals surface area contributed by atoms with E-state index in [2.05, 4.69) is 219 Å². The number of hydrogen-bond acceptors (Lipinski definition) is 3. The molecule has 0 unspecified atom stereocenters. The number of furan rings is 1. The smallest absolute Gasteiger partial charge is 0.159 e. The minimum absolute atomic E-state index is 0.169. The van der Waals surface area contributed by atoms with Gasteiger partial charge in [0.1, 0.15) is 5.58 Å². The van der Waals surface area contributed by atoms with Crippen molar-refractivity contribution in [2.45, 2.75) is 24.7 Å². The van der Waals surface area contributed by atoms with E-state index in [9.17, 15) is 0 Å². The van der Waals surface area contributed by atoms with Gasteiger partial charge in [-0.3, -0.25) is 0 Å². The lowest BCUT2D eigenvalue weighted by atomic mass is 9.55. The number of anilines is 3. The van der Waals surface area contributed by atoms with E-state index in [-0.39, 0.29) is 5.41 Å². The SMILES string of the molecule is CC1(C)c2ccccc2C2(c3ccccc3-c3ccc(N(c4ccc(-c5cccc6sc7ccccc7c56)cc4)c4cccc5c4oc4ccccc45)cc32)c2ccccc21. The summed E-state index contributed by atoms with van der Waals surface area (Å²) >= 11 is 1.86. The Morgan fingerprint density at radius 1 is 0.426 bits per heavy atom. The number of hydrogen-bond donors (Lipinski definition) is 0. The summed E-state index contributed by atoms with van der Waals surface area (Å²) in [5.74, 6) is 0. The van der Waals surface area contributed by atoms with Crippen LogP contribution in [-0.2, 0) is 10.8 Å². The zero-order valence-electron chi connectivity index (χ0n) is 33.8. The van der Waals surface area contributed by atoms with Gasteiger partial charge in [0, 0.05) is 47.7 Å². The van der Waals surface area contributed by atoms with Crippen LogP contribution in [0.4, 0.5) is 17.1 Å². The average molecular weight is 798 g/mol. The monoisotopic (exact) mass is 797 g/mol. The van der Waals surface area contributed by atoms with Gasteiger partial charge in [-0.2, -0.15) is 0 Å². The third-order valence-electron chi connectivity index (χ3n) is 13.8. The first-order chi connectivity index (χ1) is 30.0. The van der Waals surface area contributed by atoms with Gasteiger partial charge in [0.25, 0.3) is 0 Å². The van der Waals surface area contributed by atoms with E-state index in [1.807, 2.05) is 11.3 Å². The second-order valence-electron chi connectivity index (χ2n) is 17.2. The van der Waals surface area contributed by atoms with Crippen LogP contribution in [0.2, 0.25) is 0 Å². The predicted octanol–water partition coefficient (Wildman–Crippen LogP) is 16.1. The highest BCUT2D eigenvalue weighted by Crippen LogP contribution is 2.63. The molecule has 0 fully saturated rings. The number of thiophene rings is 1. The van der Waals surface area contributed by atoms with E-state index < -0.39 is 5.41 Å². The molecule has 11 aromatic rings. The van der Waals surface area contributed by atoms with E-state index in [1.54, 1.807) is 0 Å². The third kappa shape index (κ3) is 4.67. The fourth-order valence-electron chi connectivity index (χ4n) is 11.1. The third-order valence-corrected chi connectivity index (χ3v) is 14.9. The van der Waals surface area contributed by atoms with Crippen molar-refractivity contribution in [3.05, 3.63) is 234 Å². The van der Waals surface area contributed by atoms with Crippen LogP contribution >= 0.6 is 11.3 Å². The molecule has 13 rings (SSSR count). The van der Waals surface area contributed by atoms with Gasteiger partial charge >= 0.3 is 0 Å². The Morgan fingerprint density at radius 3 is 1.79 bits per heavy atom. The van der Waals surface area contributed by atoms with Crippen molar-refractivity contribution in [3.8, 4) is 22.3 Å². The molecule has 2 aliphatic carbocycles. The lowest BCUT2D eigenvalue weighted by Gasteiger charge is -2.46. The molecular weight excluding hydrogens is 759 g/mol. The molecule has 9 aromatic carbocycles. The first kappa shape index (κ1) is 34.6. The van der Waals surface area contributed by atoms with Crippen LogP contribution in [0.5, 0.6) is 0 Å². The molecule has 61 heavy (non-hydrogen) atoms. The van der Waals surface area contributed by atoms with Crippen LogP contribution in [0.1, 0.15) is 47.2 Å². The van der Waals surface area contributed by atoms with Crippen molar-refractivity contribution in [1.29, 1.82) is 0 Å². The quantitative estimate of drug-likeness (QED) is 0.176. The molecule has 3 heteroatoms. The summed E-state index contributed by atoms with van der Waals surface area (Å²) in [6.07, 6.45) is 0. The zero-order chi connectivity index (χ0) is 40.5. The highest BCUT2D eigenvalue weighted by atomic mass is 32.1. The molecule has 0 amide bonds. The molecule has 288 valence electrons. The molecule has 0 saturated heterocycles. The second-order valence-corrected chi connectivity index (χ2v) is 18.2. The minimum Gasteiger partial charge on any atom is -0.454 e. The van der Waals surface area contributed by atoms with Crippen molar-refractivity contribution >= 4 is 70.5 Å². The first-order valence-corrected chi connectivity index (χ1v) is 22.0. The molecular formula is C58H39NOS. The summed E-state index contributed by atoms with van der Waals surface area (Å²) < 4.78 is 9.43. The summed E-state index contributed by atoms with van der Waals surface area (Å²) in [5, 5.41) is 4.85. The maximum absolute atomic E-state index is 6.81. The van der Waals surface area contributed by atoms with Crippen molar-refractivity contribution in [1.82, 2.24) is 0 Å². The molecule has 2 aliphatic rings. The second kappa shape index (κ2) is 12.7. The summed E-state index contributed by atoms with van der Waals surface area (Å²) in [6.45, 7) is 4.77. The first-order valence-electron chi connectivity index (χ1n) is 21.2. The van der Waals surface area contributed by atoms with E-state index >= 15 is 0 Å². The number of benzene rings is 9. The molecule has 0 bridgehead atoms. The topological polar surface area (TPSA) is 16.4 Å². The average Bonchev–Trinajstić information content (AvgIpc) is 3.98. The summed E-state index contributed by atoms with van der Waals surface area (Å²) in [7, 11) is 0. The number of para-hydroxylation sites is 2. The highest BCUT2D eigenvalue weighted by molar-refractivity contribution is 7.25. The lowest BCUT2D eigenvalue weighted by molar-refractivity contribution is 0.563. The van der Waals surface area contributed by atoms with Crippen LogP contribution in [0.3, 0.4) is 0 Å². The van der Waals surface area contributed by atoms with Gasteiger partial charge in [-0.1, -0.05) is 166 Å². The Balaban J connectivity index is 1.07. The van der Waals surface area contributed by atoms with Gasteiger partial charge in [0.05, 0.1) is 11.1 Å². The summed E-state index contributed by atoms with van der Waals surface area (Å²) in [6, 6.07) is 74.2. The van der Waals surface area contributed by atoms with Crippen LogP contribution in [-0.4, -0.2) is 0 Å². The van der Waals surface area contributed by atoms with Gasteiger partial charge in [0.2, 0.25) is 0 Å². The highest BCUT2D eigenvalue weighted by Gasteiger charge is 2.53. The van der Waals surface area contributed by atoms with Crippen molar-refractivity contribution in [2.24, 2.45) is 0 Å². The maximum Gasteiger partial charge on any atom is 0.159 e. The Bertz CT molecular complexity index is 3540. The Kier molecular flexibility index (Phi) is 7.19. The molecule has 0 saturated carbocycles. The van der Waals surface area contributed by atoms with Crippen molar-refractivity contribution in [3.63, 3.8) is 0 Å². The predicted molar refractivity (Wildman–Crippen MR) is 256 cm³/mol. The fraction of sp³-hybridized carbons (Fsp3) is 0.0690. The van der Waals surface area contributed by atoms with Gasteiger partial charge in [-0.15, -0.1) is 11.3 Å². The van der Waals surface area contributed by atoms with Crippen LogP contribution in [0.15, 0.2) is 205 Å². The Labute approximate surface area is 358 Å². The largest absolute Gasteiger partial charge is 0.454 e. The molecule has 1 spiro atoms. The van der Waals surface area contributed by atoms with Crippen LogP contribution in [0.25, 0.3) is 64.4 Å². The molecule has 2 nitrogen and oxygen atoms in total. The fourth-order valence-corrected chi connectivity index (χ4v) is 12.3. The molecule has 2 aromatic heterocycles.